The van der Waals surface area contributed by atoms with Gasteiger partial charge in [-0.25, -0.2) is 4.98 Å². The molecule has 0 aromatic carbocycles. The van der Waals surface area contributed by atoms with E-state index in [1.54, 1.807) is 13.3 Å². The van der Waals surface area contributed by atoms with E-state index in [-0.39, 0.29) is 5.91 Å². The minimum Gasteiger partial charge on any atom is -0.383 e. The van der Waals surface area contributed by atoms with Crippen molar-refractivity contribution in [3.8, 4) is 0 Å². The number of carbonyl (C=O) groups excluding carboxylic acids is 1. The number of aromatic nitrogens is 1. The van der Waals surface area contributed by atoms with Gasteiger partial charge in [0, 0.05) is 46.0 Å². The molecule has 6 nitrogen and oxygen atoms in total. The van der Waals surface area contributed by atoms with Crippen LogP contribution in [-0.4, -0.2) is 57.3 Å². The van der Waals surface area contributed by atoms with Gasteiger partial charge in [-0.05, 0) is 12.1 Å². The highest BCUT2D eigenvalue weighted by atomic mass is 16.5. The first-order chi connectivity index (χ1) is 9.31. The van der Waals surface area contributed by atoms with Gasteiger partial charge in [0.25, 0.3) is 5.91 Å². The van der Waals surface area contributed by atoms with Crippen LogP contribution in [0.3, 0.4) is 0 Å². The molecule has 2 heterocycles. The normalized spacial score (nSPS) is 15.3. The first-order valence-corrected chi connectivity index (χ1v) is 6.50. The molecule has 1 aromatic heterocycles. The van der Waals surface area contributed by atoms with Gasteiger partial charge in [-0.1, -0.05) is 0 Å². The van der Waals surface area contributed by atoms with Crippen molar-refractivity contribution in [1.29, 1.82) is 0 Å². The van der Waals surface area contributed by atoms with E-state index in [0.717, 1.165) is 32.0 Å². The maximum Gasteiger partial charge on any atom is 0.252 e. The summed E-state index contributed by atoms with van der Waals surface area (Å²) >= 11 is 0. The molecule has 0 saturated carbocycles. The summed E-state index contributed by atoms with van der Waals surface area (Å²) in [6.45, 7) is 4.87. The second-order valence-electron chi connectivity index (χ2n) is 4.39. The molecular weight excluding hydrogens is 244 g/mol. The van der Waals surface area contributed by atoms with E-state index in [4.69, 9.17) is 4.74 Å². The summed E-state index contributed by atoms with van der Waals surface area (Å²) in [7, 11) is 1.61. The average Bonchev–Trinajstić information content (AvgIpc) is 2.48. The number of piperazine rings is 1. The minimum absolute atomic E-state index is 0.114. The largest absolute Gasteiger partial charge is 0.383 e. The van der Waals surface area contributed by atoms with Gasteiger partial charge >= 0.3 is 0 Å². The van der Waals surface area contributed by atoms with Gasteiger partial charge in [0.15, 0.2) is 0 Å². The molecule has 0 bridgehead atoms. The molecule has 6 heteroatoms. The third-order valence-corrected chi connectivity index (χ3v) is 3.04. The molecular formula is C13H20N4O2. The Bertz CT molecular complexity index is 402. The van der Waals surface area contributed by atoms with E-state index >= 15 is 0 Å². The number of hydrogen-bond acceptors (Lipinski definition) is 5. The predicted octanol–water partition coefficient (Wildman–Crippen LogP) is -0.133. The number of nitrogens with one attached hydrogen (secondary N) is 2. The Labute approximate surface area is 113 Å². The van der Waals surface area contributed by atoms with Crippen LogP contribution < -0.4 is 15.5 Å². The van der Waals surface area contributed by atoms with Crippen LogP contribution in [0.15, 0.2) is 18.3 Å². The highest BCUT2D eigenvalue weighted by Gasteiger charge is 2.12. The molecule has 0 spiro atoms. The number of rotatable bonds is 5. The van der Waals surface area contributed by atoms with Crippen LogP contribution in [0.1, 0.15) is 10.4 Å². The van der Waals surface area contributed by atoms with Gasteiger partial charge in [0.1, 0.15) is 5.82 Å². The Balaban J connectivity index is 1.91. The fraction of sp³-hybridized carbons (Fsp3) is 0.538. The topological polar surface area (TPSA) is 66.5 Å². The Kier molecular flexibility index (Phi) is 5.11. The number of nitrogens with zero attached hydrogens (tertiary/aromatic N) is 2. The summed E-state index contributed by atoms with van der Waals surface area (Å²) in [6, 6.07) is 3.71. The molecule has 2 rings (SSSR count). The molecule has 1 amide bonds. The van der Waals surface area contributed by atoms with Crippen molar-refractivity contribution in [1.82, 2.24) is 15.6 Å². The van der Waals surface area contributed by atoms with Crippen molar-refractivity contribution < 1.29 is 9.53 Å². The van der Waals surface area contributed by atoms with E-state index in [2.05, 4.69) is 20.5 Å². The lowest BCUT2D eigenvalue weighted by atomic mass is 10.2. The van der Waals surface area contributed by atoms with Crippen LogP contribution in [0, 0.1) is 0 Å². The summed E-state index contributed by atoms with van der Waals surface area (Å²) in [5.74, 6) is 0.811. The first kappa shape index (κ1) is 13.8. The Morgan fingerprint density at radius 3 is 2.89 bits per heavy atom. The zero-order valence-electron chi connectivity index (χ0n) is 11.2. The molecule has 1 aliphatic rings. The third-order valence-electron chi connectivity index (χ3n) is 3.04. The second kappa shape index (κ2) is 7.06. The van der Waals surface area contributed by atoms with Crippen LogP contribution in [0.5, 0.6) is 0 Å². The maximum atomic E-state index is 11.8. The molecule has 19 heavy (non-hydrogen) atoms. The second-order valence-corrected chi connectivity index (χ2v) is 4.39. The van der Waals surface area contributed by atoms with Crippen molar-refractivity contribution in [3.63, 3.8) is 0 Å². The van der Waals surface area contributed by atoms with Gasteiger partial charge in [-0.2, -0.15) is 0 Å². The van der Waals surface area contributed by atoms with Crippen LogP contribution in [0.25, 0.3) is 0 Å². The van der Waals surface area contributed by atoms with Crippen molar-refractivity contribution in [3.05, 3.63) is 23.9 Å². The number of ether oxygens (including phenoxy) is 1. The summed E-state index contributed by atoms with van der Waals surface area (Å²) in [4.78, 5) is 18.3. The maximum absolute atomic E-state index is 11.8. The number of carbonyl (C=O) groups is 1. The van der Waals surface area contributed by atoms with Crippen LogP contribution in [-0.2, 0) is 4.74 Å². The van der Waals surface area contributed by atoms with E-state index < -0.39 is 0 Å². The molecule has 104 valence electrons. The predicted molar refractivity (Wildman–Crippen MR) is 73.5 cm³/mol. The lowest BCUT2D eigenvalue weighted by Gasteiger charge is -2.28. The quantitative estimate of drug-likeness (QED) is 0.725. The Morgan fingerprint density at radius 1 is 1.47 bits per heavy atom. The van der Waals surface area contributed by atoms with E-state index in [1.165, 1.54) is 0 Å². The fourth-order valence-electron chi connectivity index (χ4n) is 1.97. The van der Waals surface area contributed by atoms with Crippen molar-refractivity contribution >= 4 is 11.7 Å². The molecule has 0 aliphatic carbocycles. The fourth-order valence-corrected chi connectivity index (χ4v) is 1.97. The number of hydrogen-bond donors (Lipinski definition) is 2. The van der Waals surface area contributed by atoms with Gasteiger partial charge in [0.2, 0.25) is 0 Å². The third kappa shape index (κ3) is 3.90. The van der Waals surface area contributed by atoms with Gasteiger partial charge in [-0.15, -0.1) is 0 Å². The summed E-state index contributed by atoms with van der Waals surface area (Å²) in [5.41, 5.74) is 0.579. The monoisotopic (exact) mass is 264 g/mol. The number of pyridine rings is 1. The summed E-state index contributed by atoms with van der Waals surface area (Å²) in [6.07, 6.45) is 1.62. The summed E-state index contributed by atoms with van der Waals surface area (Å²) in [5, 5.41) is 6.07. The Hall–Kier alpha value is -1.66. The lowest BCUT2D eigenvalue weighted by Crippen LogP contribution is -2.43. The Morgan fingerprint density at radius 2 is 2.26 bits per heavy atom. The highest BCUT2D eigenvalue weighted by molar-refractivity contribution is 5.94. The van der Waals surface area contributed by atoms with E-state index in [9.17, 15) is 4.79 Å². The van der Waals surface area contributed by atoms with Crippen LogP contribution in [0.4, 0.5) is 5.82 Å². The molecule has 2 N–H and O–H groups in total. The smallest absolute Gasteiger partial charge is 0.252 e. The van der Waals surface area contributed by atoms with Crippen molar-refractivity contribution in [2.45, 2.75) is 0 Å². The lowest BCUT2D eigenvalue weighted by molar-refractivity contribution is 0.0937. The number of amides is 1. The van der Waals surface area contributed by atoms with Crippen molar-refractivity contribution in [2.75, 3.05) is 51.3 Å². The standard InChI is InChI=1S/C13H20N4O2/c1-19-9-6-15-13(18)11-2-3-12(16-10-11)17-7-4-14-5-8-17/h2-3,10,14H,4-9H2,1H3,(H,15,18). The van der Waals surface area contributed by atoms with E-state index in [0.29, 0.717) is 18.7 Å². The highest BCUT2D eigenvalue weighted by Crippen LogP contribution is 2.11. The molecule has 1 aromatic rings. The molecule has 1 aliphatic heterocycles. The molecule has 0 radical (unpaired) electrons. The van der Waals surface area contributed by atoms with Crippen LogP contribution >= 0.6 is 0 Å². The average molecular weight is 264 g/mol. The molecule has 1 fully saturated rings. The summed E-state index contributed by atoms with van der Waals surface area (Å²) < 4.78 is 4.88. The minimum atomic E-state index is -0.114. The first-order valence-electron chi connectivity index (χ1n) is 6.50. The molecule has 1 saturated heterocycles. The SMILES string of the molecule is COCCNC(=O)c1ccc(N2CCNCC2)nc1. The van der Waals surface area contributed by atoms with Gasteiger partial charge in [0.05, 0.1) is 12.2 Å². The molecule has 0 atom stereocenters. The van der Waals surface area contributed by atoms with E-state index in [1.807, 2.05) is 12.1 Å². The zero-order chi connectivity index (χ0) is 13.5. The van der Waals surface area contributed by atoms with Crippen molar-refractivity contribution in [2.24, 2.45) is 0 Å². The van der Waals surface area contributed by atoms with Gasteiger partial charge in [-0.3, -0.25) is 4.79 Å². The number of methoxy groups -OCH3 is 1. The van der Waals surface area contributed by atoms with Gasteiger partial charge < -0.3 is 20.3 Å². The van der Waals surface area contributed by atoms with Crippen LogP contribution in [0.2, 0.25) is 0 Å². The zero-order valence-corrected chi connectivity index (χ0v) is 11.2. The molecule has 0 unspecified atom stereocenters. The number of anilines is 1.